The zero-order chi connectivity index (χ0) is 26.8. The fourth-order valence-corrected chi connectivity index (χ4v) is 6.94. The molecule has 0 radical (unpaired) electrons. The molecule has 5 atom stereocenters. The van der Waals surface area contributed by atoms with Gasteiger partial charge in [-0.1, -0.05) is 18.6 Å². The van der Waals surface area contributed by atoms with Gasteiger partial charge in [0, 0.05) is 55.9 Å². The first-order valence-electron chi connectivity index (χ1n) is 13.8. The molecule has 204 valence electrons. The molecule has 2 fully saturated rings. The fraction of sp³-hybridized carbons (Fsp3) is 0.548. The topological polar surface area (TPSA) is 74.3 Å². The molecule has 0 unspecified atom stereocenters. The summed E-state index contributed by atoms with van der Waals surface area (Å²) < 4.78 is 23.3. The zero-order valence-corrected chi connectivity index (χ0v) is 22.9. The summed E-state index contributed by atoms with van der Waals surface area (Å²) in [6.07, 6.45) is 6.89. The third kappa shape index (κ3) is 5.53. The second-order valence-electron chi connectivity index (χ2n) is 10.9. The molecule has 4 bridgehead atoms. The molecule has 38 heavy (non-hydrogen) atoms. The van der Waals surface area contributed by atoms with Crippen LogP contribution in [0.15, 0.2) is 36.4 Å². The van der Waals surface area contributed by atoms with E-state index in [1.165, 1.54) is 25.0 Å². The van der Waals surface area contributed by atoms with Crippen molar-refractivity contribution in [1.82, 2.24) is 4.90 Å². The largest absolute Gasteiger partial charge is 0.496 e. The number of methoxy groups -OCH3 is 2. The van der Waals surface area contributed by atoms with Gasteiger partial charge in [0.1, 0.15) is 23.7 Å². The molecule has 0 aliphatic carbocycles. The van der Waals surface area contributed by atoms with Crippen LogP contribution in [0.2, 0.25) is 0 Å². The van der Waals surface area contributed by atoms with Crippen LogP contribution >= 0.6 is 0 Å². The van der Waals surface area contributed by atoms with Crippen LogP contribution in [0, 0.1) is 0 Å². The lowest BCUT2D eigenvalue weighted by molar-refractivity contribution is -0.154. The van der Waals surface area contributed by atoms with Crippen molar-refractivity contribution in [2.24, 2.45) is 0 Å². The number of hydrogen-bond donors (Lipinski definition) is 0. The number of nitrogens with zero attached hydrogens (tertiary/aromatic N) is 1. The molecular formula is C31H39NO6. The van der Waals surface area contributed by atoms with Crippen LogP contribution in [0.4, 0.5) is 0 Å². The Morgan fingerprint density at radius 1 is 0.763 bits per heavy atom. The number of carbonyl (C=O) groups excluding carboxylic acids is 2. The molecule has 5 rings (SSSR count). The summed E-state index contributed by atoms with van der Waals surface area (Å²) in [5, 5.41) is 0. The van der Waals surface area contributed by atoms with Crippen molar-refractivity contribution in [1.29, 1.82) is 0 Å². The average Bonchev–Trinajstić information content (AvgIpc) is 2.90. The van der Waals surface area contributed by atoms with Crippen molar-refractivity contribution >= 4 is 11.9 Å². The number of rotatable bonds is 4. The Balaban J connectivity index is 1.66. The van der Waals surface area contributed by atoms with Gasteiger partial charge in [-0.3, -0.25) is 14.5 Å². The summed E-state index contributed by atoms with van der Waals surface area (Å²) in [6, 6.07) is 13.3. The lowest BCUT2D eigenvalue weighted by atomic mass is 9.80. The predicted molar refractivity (Wildman–Crippen MR) is 144 cm³/mol. The quantitative estimate of drug-likeness (QED) is 0.483. The average molecular weight is 522 g/mol. The molecule has 0 N–H and O–H groups in total. The molecule has 3 aliphatic rings. The Morgan fingerprint density at radius 2 is 1.37 bits per heavy atom. The number of piperidine rings is 2. The lowest BCUT2D eigenvalue weighted by Gasteiger charge is -2.52. The first kappa shape index (κ1) is 26.5. The SMILES string of the molecule is COc1ccc2cc1-c1cc(ccc1OC)[C@H]1C[C@@H](OC(C)=O)C[C@H]3CCC[C@H](C[C@H](OC(C)=O)CC2)N31. The number of esters is 2. The van der Waals surface area contributed by atoms with E-state index in [-0.39, 0.29) is 36.2 Å². The number of fused-ring (bicyclic) bond motifs is 6. The molecule has 2 saturated heterocycles. The van der Waals surface area contributed by atoms with Gasteiger partial charge in [0.25, 0.3) is 0 Å². The minimum atomic E-state index is -0.233. The van der Waals surface area contributed by atoms with Gasteiger partial charge >= 0.3 is 11.9 Å². The molecule has 2 aromatic carbocycles. The van der Waals surface area contributed by atoms with E-state index < -0.39 is 0 Å². The van der Waals surface area contributed by atoms with Gasteiger partial charge in [-0.05, 0) is 67.5 Å². The Bertz CT molecular complexity index is 1180. The highest BCUT2D eigenvalue weighted by Crippen LogP contribution is 2.46. The second kappa shape index (κ2) is 11.4. The summed E-state index contributed by atoms with van der Waals surface area (Å²) in [6.45, 7) is 3.00. The van der Waals surface area contributed by atoms with Gasteiger partial charge in [0.15, 0.2) is 0 Å². The van der Waals surface area contributed by atoms with Crippen LogP contribution in [0.3, 0.4) is 0 Å². The number of ether oxygens (including phenoxy) is 4. The number of carbonyl (C=O) groups is 2. The highest BCUT2D eigenvalue weighted by molar-refractivity contribution is 5.77. The monoisotopic (exact) mass is 521 g/mol. The molecule has 2 aromatic rings. The van der Waals surface area contributed by atoms with Gasteiger partial charge < -0.3 is 18.9 Å². The highest BCUT2D eigenvalue weighted by Gasteiger charge is 2.44. The van der Waals surface area contributed by atoms with Crippen LogP contribution in [-0.4, -0.2) is 55.3 Å². The first-order chi connectivity index (χ1) is 18.4. The minimum Gasteiger partial charge on any atom is -0.496 e. The van der Waals surface area contributed by atoms with Crippen molar-refractivity contribution in [3.8, 4) is 22.6 Å². The molecule has 0 saturated carbocycles. The Labute approximate surface area is 225 Å². The fourth-order valence-electron chi connectivity index (χ4n) is 6.94. The van der Waals surface area contributed by atoms with Crippen molar-refractivity contribution < 1.29 is 28.5 Å². The van der Waals surface area contributed by atoms with E-state index in [0.29, 0.717) is 6.04 Å². The second-order valence-corrected chi connectivity index (χ2v) is 10.9. The van der Waals surface area contributed by atoms with E-state index in [2.05, 4.69) is 29.2 Å². The number of aryl methyl sites for hydroxylation is 1. The normalized spacial score (nSPS) is 27.0. The maximum absolute atomic E-state index is 12.1. The highest BCUT2D eigenvalue weighted by atomic mass is 16.5. The molecule has 7 nitrogen and oxygen atoms in total. The Hall–Kier alpha value is -3.06. The molecule has 0 amide bonds. The van der Waals surface area contributed by atoms with Crippen LogP contribution in [-0.2, 0) is 25.5 Å². The summed E-state index contributed by atoms with van der Waals surface area (Å²) in [4.78, 5) is 26.7. The van der Waals surface area contributed by atoms with Crippen LogP contribution < -0.4 is 9.47 Å². The van der Waals surface area contributed by atoms with E-state index in [1.54, 1.807) is 14.2 Å². The predicted octanol–water partition coefficient (Wildman–Crippen LogP) is 5.63. The Kier molecular flexibility index (Phi) is 7.93. The van der Waals surface area contributed by atoms with E-state index in [4.69, 9.17) is 18.9 Å². The van der Waals surface area contributed by atoms with Crippen molar-refractivity contribution in [2.75, 3.05) is 14.2 Å². The summed E-state index contributed by atoms with van der Waals surface area (Å²) in [7, 11) is 3.38. The summed E-state index contributed by atoms with van der Waals surface area (Å²) in [5.41, 5.74) is 4.30. The van der Waals surface area contributed by atoms with E-state index in [1.807, 2.05) is 12.1 Å². The molecule has 0 spiro atoms. The summed E-state index contributed by atoms with van der Waals surface area (Å²) in [5.74, 6) is 1.11. The molecular weight excluding hydrogens is 482 g/mol. The first-order valence-corrected chi connectivity index (χ1v) is 13.8. The standard InChI is InChI=1S/C31H39NO6/c1-19(33)37-25-11-8-21-9-12-30(35-3)27(14-21)28-15-22(10-13-31(28)36-4)29-18-26(38-20(2)34)17-24-7-5-6-23(16-25)32(24)29/h9-10,12-15,23-26,29H,5-8,11,16-18H2,1-4H3/t23-,24-,25-,26+,29-/m1/s1. The van der Waals surface area contributed by atoms with Gasteiger partial charge in [-0.2, -0.15) is 0 Å². The third-order valence-electron chi connectivity index (χ3n) is 8.42. The van der Waals surface area contributed by atoms with Crippen molar-refractivity contribution in [2.45, 2.75) is 95.5 Å². The van der Waals surface area contributed by atoms with Gasteiger partial charge in [0.05, 0.1) is 14.2 Å². The van der Waals surface area contributed by atoms with Crippen LogP contribution in [0.25, 0.3) is 11.1 Å². The zero-order valence-electron chi connectivity index (χ0n) is 22.9. The third-order valence-corrected chi connectivity index (χ3v) is 8.42. The van der Waals surface area contributed by atoms with Crippen molar-refractivity contribution in [3.63, 3.8) is 0 Å². The lowest BCUT2D eigenvalue weighted by Crippen LogP contribution is -2.55. The van der Waals surface area contributed by atoms with Gasteiger partial charge in [-0.15, -0.1) is 0 Å². The smallest absolute Gasteiger partial charge is 0.302 e. The molecule has 3 heterocycles. The molecule has 0 aromatic heterocycles. The van der Waals surface area contributed by atoms with E-state index in [9.17, 15) is 9.59 Å². The van der Waals surface area contributed by atoms with Crippen LogP contribution in [0.5, 0.6) is 11.5 Å². The minimum absolute atomic E-state index is 0.0703. The van der Waals surface area contributed by atoms with Gasteiger partial charge in [0.2, 0.25) is 0 Å². The summed E-state index contributed by atoms with van der Waals surface area (Å²) >= 11 is 0. The van der Waals surface area contributed by atoms with Crippen LogP contribution in [0.1, 0.15) is 76.0 Å². The van der Waals surface area contributed by atoms with Crippen molar-refractivity contribution in [3.05, 3.63) is 47.5 Å². The Morgan fingerprint density at radius 3 is 2.03 bits per heavy atom. The maximum atomic E-state index is 12.1. The van der Waals surface area contributed by atoms with Gasteiger partial charge in [-0.25, -0.2) is 0 Å². The molecule has 7 heteroatoms. The maximum Gasteiger partial charge on any atom is 0.302 e. The molecule has 3 aliphatic heterocycles. The number of hydrogen-bond acceptors (Lipinski definition) is 7. The van der Waals surface area contributed by atoms with E-state index in [0.717, 1.165) is 74.0 Å². The number of benzene rings is 2. The van der Waals surface area contributed by atoms with E-state index >= 15 is 0 Å².